The molecule has 6 heteroatoms. The van der Waals surface area contributed by atoms with Crippen LogP contribution in [0.4, 0.5) is 0 Å². The molecule has 0 spiro atoms. The molecule has 27 heavy (non-hydrogen) atoms. The molecule has 1 saturated heterocycles. The van der Waals surface area contributed by atoms with E-state index in [0.29, 0.717) is 13.1 Å². The molecule has 1 aliphatic heterocycles. The maximum absolute atomic E-state index is 13.0. The summed E-state index contributed by atoms with van der Waals surface area (Å²) in [6.07, 6.45) is 0. The lowest BCUT2D eigenvalue weighted by Gasteiger charge is -2.42. The summed E-state index contributed by atoms with van der Waals surface area (Å²) in [5, 5.41) is 4.38. The lowest BCUT2D eigenvalue weighted by atomic mass is 9.94. The zero-order chi connectivity index (χ0) is 19.5. The van der Waals surface area contributed by atoms with E-state index in [1.807, 2.05) is 31.9 Å². The summed E-state index contributed by atoms with van der Waals surface area (Å²) in [6, 6.07) is 8.52. The second-order valence-electron chi connectivity index (χ2n) is 8.58. The summed E-state index contributed by atoms with van der Waals surface area (Å²) >= 11 is 0. The number of likely N-dealkylation sites (tertiary alicyclic amines) is 1. The highest BCUT2D eigenvalue weighted by Gasteiger charge is 2.37. The maximum Gasteiger partial charge on any atom is 0.257 e. The number of rotatable bonds is 2. The van der Waals surface area contributed by atoms with Crippen molar-refractivity contribution in [3.63, 3.8) is 0 Å². The van der Waals surface area contributed by atoms with Gasteiger partial charge in [0.15, 0.2) is 0 Å². The zero-order valence-electron chi connectivity index (χ0n) is 16.9. The van der Waals surface area contributed by atoms with Crippen molar-refractivity contribution in [2.75, 3.05) is 13.1 Å². The van der Waals surface area contributed by atoms with Crippen LogP contribution in [0.2, 0.25) is 0 Å². The van der Waals surface area contributed by atoms with E-state index >= 15 is 0 Å². The van der Waals surface area contributed by atoms with Gasteiger partial charge in [-0.15, -0.1) is 0 Å². The van der Waals surface area contributed by atoms with Crippen LogP contribution in [-0.2, 0) is 12.5 Å². The van der Waals surface area contributed by atoms with E-state index in [1.165, 1.54) is 0 Å². The van der Waals surface area contributed by atoms with Crippen molar-refractivity contribution >= 4 is 16.9 Å². The smallest absolute Gasteiger partial charge is 0.257 e. The molecule has 0 atom stereocenters. The van der Waals surface area contributed by atoms with E-state index < -0.39 is 0 Å². The number of nitrogens with zero attached hydrogens (tertiary/aromatic N) is 5. The Morgan fingerprint density at radius 1 is 1.15 bits per heavy atom. The Balaban J connectivity index is 1.64. The molecule has 4 rings (SSSR count). The van der Waals surface area contributed by atoms with Gasteiger partial charge in [0.25, 0.3) is 5.91 Å². The Bertz CT molecular complexity index is 1030. The molecule has 2 aromatic heterocycles. The largest absolute Gasteiger partial charge is 0.334 e. The average Bonchev–Trinajstić information content (AvgIpc) is 3.04. The molecule has 0 aliphatic carbocycles. The third-order valence-corrected chi connectivity index (χ3v) is 5.50. The van der Waals surface area contributed by atoms with Crippen molar-refractivity contribution < 1.29 is 4.79 Å². The standard InChI is InChI=1S/C21H27N5O/c1-13-18(14(2)24(6)23-13)19(27)25-11-15(12-25)26-17-10-8-7-9-16(17)22-20(26)21(3,4)5/h7-10,15H,11-12H2,1-6H3. The van der Waals surface area contributed by atoms with Crippen LogP contribution >= 0.6 is 0 Å². The van der Waals surface area contributed by atoms with E-state index in [1.54, 1.807) is 4.68 Å². The minimum Gasteiger partial charge on any atom is -0.334 e. The van der Waals surface area contributed by atoms with Crippen LogP contribution in [-0.4, -0.2) is 43.2 Å². The molecule has 1 amide bonds. The summed E-state index contributed by atoms with van der Waals surface area (Å²) in [7, 11) is 1.88. The second kappa shape index (κ2) is 5.94. The number of carbonyl (C=O) groups excluding carboxylic acids is 1. The summed E-state index contributed by atoms with van der Waals surface area (Å²) in [5.41, 5.74) is 4.57. The molecule has 0 saturated carbocycles. The fourth-order valence-electron chi connectivity index (χ4n) is 3.97. The van der Waals surface area contributed by atoms with Crippen LogP contribution in [0.1, 0.15) is 54.4 Å². The molecule has 0 radical (unpaired) electrons. The van der Waals surface area contributed by atoms with Gasteiger partial charge >= 0.3 is 0 Å². The first-order valence-electron chi connectivity index (χ1n) is 9.45. The molecule has 1 aliphatic rings. The van der Waals surface area contributed by atoms with E-state index in [2.05, 4.69) is 48.6 Å². The van der Waals surface area contributed by atoms with Crippen LogP contribution in [0, 0.1) is 13.8 Å². The monoisotopic (exact) mass is 365 g/mol. The number of aryl methyl sites for hydroxylation is 2. The average molecular weight is 365 g/mol. The predicted octanol–water partition coefficient (Wildman–Crippen LogP) is 3.38. The molecule has 6 nitrogen and oxygen atoms in total. The minimum absolute atomic E-state index is 0.0556. The third kappa shape index (κ3) is 2.74. The summed E-state index contributed by atoms with van der Waals surface area (Å²) in [6.45, 7) is 11.8. The predicted molar refractivity (Wildman–Crippen MR) is 106 cm³/mol. The number of carbonyl (C=O) groups is 1. The van der Waals surface area contributed by atoms with Crippen molar-refractivity contribution in [2.45, 2.75) is 46.1 Å². The molecule has 1 fully saturated rings. The van der Waals surface area contributed by atoms with Gasteiger partial charge in [-0.2, -0.15) is 5.10 Å². The highest BCUT2D eigenvalue weighted by atomic mass is 16.2. The normalized spacial score (nSPS) is 15.4. The maximum atomic E-state index is 13.0. The van der Waals surface area contributed by atoms with Crippen molar-refractivity contribution in [3.05, 3.63) is 47.0 Å². The summed E-state index contributed by atoms with van der Waals surface area (Å²) in [5.74, 6) is 1.16. The highest BCUT2D eigenvalue weighted by molar-refractivity contribution is 5.97. The molecule has 142 valence electrons. The highest BCUT2D eigenvalue weighted by Crippen LogP contribution is 2.34. The van der Waals surface area contributed by atoms with Crippen LogP contribution < -0.4 is 0 Å². The first kappa shape index (κ1) is 17.8. The Morgan fingerprint density at radius 2 is 1.81 bits per heavy atom. The van der Waals surface area contributed by atoms with Gasteiger partial charge in [0.05, 0.1) is 28.3 Å². The minimum atomic E-state index is -0.0556. The van der Waals surface area contributed by atoms with Crippen LogP contribution in [0.25, 0.3) is 11.0 Å². The summed E-state index contributed by atoms with van der Waals surface area (Å²) in [4.78, 5) is 19.8. The van der Waals surface area contributed by atoms with E-state index in [-0.39, 0.29) is 17.4 Å². The van der Waals surface area contributed by atoms with Crippen LogP contribution in [0.3, 0.4) is 0 Å². The number of benzene rings is 1. The van der Waals surface area contributed by atoms with Crippen LogP contribution in [0.5, 0.6) is 0 Å². The fraction of sp³-hybridized carbons (Fsp3) is 0.476. The van der Waals surface area contributed by atoms with Gasteiger partial charge in [-0.3, -0.25) is 9.48 Å². The second-order valence-corrected chi connectivity index (χ2v) is 8.58. The van der Waals surface area contributed by atoms with Gasteiger partial charge in [0.2, 0.25) is 0 Å². The topological polar surface area (TPSA) is 56.0 Å². The zero-order valence-corrected chi connectivity index (χ0v) is 16.9. The molecule has 1 aromatic carbocycles. The van der Waals surface area contributed by atoms with Gasteiger partial charge in [0, 0.05) is 31.2 Å². The lowest BCUT2D eigenvalue weighted by Crippen LogP contribution is -2.51. The third-order valence-electron chi connectivity index (χ3n) is 5.50. The van der Waals surface area contributed by atoms with Crippen LogP contribution in [0.15, 0.2) is 24.3 Å². The Hall–Kier alpha value is -2.63. The number of hydrogen-bond donors (Lipinski definition) is 0. The number of fused-ring (bicyclic) bond motifs is 1. The summed E-state index contributed by atoms with van der Waals surface area (Å²) < 4.78 is 4.11. The van der Waals surface area contributed by atoms with Gasteiger partial charge in [-0.05, 0) is 26.0 Å². The quantitative estimate of drug-likeness (QED) is 0.699. The molecular formula is C21H27N5O. The fourth-order valence-corrected chi connectivity index (χ4v) is 3.97. The molecule has 3 heterocycles. The lowest BCUT2D eigenvalue weighted by molar-refractivity contribution is 0.0517. The van der Waals surface area contributed by atoms with Gasteiger partial charge in [0.1, 0.15) is 5.82 Å². The number of aromatic nitrogens is 4. The van der Waals surface area contributed by atoms with Gasteiger partial charge in [-0.1, -0.05) is 32.9 Å². The van der Waals surface area contributed by atoms with E-state index in [4.69, 9.17) is 4.98 Å². The number of hydrogen-bond acceptors (Lipinski definition) is 3. The van der Waals surface area contributed by atoms with Gasteiger partial charge < -0.3 is 9.47 Å². The van der Waals surface area contributed by atoms with Crippen molar-refractivity contribution in [3.8, 4) is 0 Å². The Kier molecular flexibility index (Phi) is 3.91. The van der Waals surface area contributed by atoms with E-state index in [9.17, 15) is 4.79 Å². The molecule has 0 N–H and O–H groups in total. The molecular weight excluding hydrogens is 338 g/mol. The van der Waals surface area contributed by atoms with Crippen molar-refractivity contribution in [2.24, 2.45) is 7.05 Å². The first-order chi connectivity index (χ1) is 12.7. The number of para-hydroxylation sites is 2. The first-order valence-corrected chi connectivity index (χ1v) is 9.45. The number of imidazole rings is 1. The van der Waals surface area contributed by atoms with E-state index in [0.717, 1.165) is 33.8 Å². The Labute approximate surface area is 159 Å². The van der Waals surface area contributed by atoms with Crippen molar-refractivity contribution in [1.29, 1.82) is 0 Å². The van der Waals surface area contributed by atoms with Gasteiger partial charge in [-0.25, -0.2) is 4.98 Å². The molecule has 3 aromatic rings. The van der Waals surface area contributed by atoms with Crippen molar-refractivity contribution in [1.82, 2.24) is 24.2 Å². The number of amides is 1. The molecule has 0 unspecified atom stereocenters. The Morgan fingerprint density at radius 3 is 2.41 bits per heavy atom. The molecule has 0 bridgehead atoms. The SMILES string of the molecule is Cc1nn(C)c(C)c1C(=O)N1CC(n2c(C(C)(C)C)nc3ccccc32)C1.